The van der Waals surface area contributed by atoms with Crippen molar-refractivity contribution in [3.8, 4) is 0 Å². The second kappa shape index (κ2) is 10.4. The van der Waals surface area contributed by atoms with Crippen LogP contribution in [-0.2, 0) is 11.6 Å². The van der Waals surface area contributed by atoms with E-state index in [1.165, 1.54) is 18.4 Å². The quantitative estimate of drug-likeness (QED) is 0.327. The van der Waals surface area contributed by atoms with Crippen LogP contribution in [0.15, 0.2) is 52.1 Å². The summed E-state index contributed by atoms with van der Waals surface area (Å²) in [4.78, 5) is 21.1. The Labute approximate surface area is 208 Å². The van der Waals surface area contributed by atoms with Gasteiger partial charge in [0.1, 0.15) is 0 Å². The van der Waals surface area contributed by atoms with Gasteiger partial charge in [0.25, 0.3) is 5.91 Å². The molecule has 0 unspecified atom stereocenters. The predicted octanol–water partition coefficient (Wildman–Crippen LogP) is 4.37. The zero-order valence-corrected chi connectivity index (χ0v) is 20.7. The SMILES string of the molecule is CCNC(=NCC1(c2cccc(C(F)(F)F)c2)CC1)N1CCN(C(=O)c2ccco2)CC1.I. The number of guanidine groups is 1. The highest BCUT2D eigenvalue weighted by Crippen LogP contribution is 2.49. The number of amides is 1. The fourth-order valence-corrected chi connectivity index (χ4v) is 4.04. The summed E-state index contributed by atoms with van der Waals surface area (Å²) in [5, 5.41) is 3.29. The molecule has 33 heavy (non-hydrogen) atoms. The minimum Gasteiger partial charge on any atom is -0.459 e. The van der Waals surface area contributed by atoms with E-state index in [-0.39, 0.29) is 35.3 Å². The summed E-state index contributed by atoms with van der Waals surface area (Å²) >= 11 is 0. The van der Waals surface area contributed by atoms with Crippen molar-refractivity contribution in [2.75, 3.05) is 39.3 Å². The van der Waals surface area contributed by atoms with E-state index in [0.29, 0.717) is 50.6 Å². The van der Waals surface area contributed by atoms with Gasteiger partial charge >= 0.3 is 6.18 Å². The first kappa shape index (κ1) is 25.4. The molecule has 1 amide bonds. The summed E-state index contributed by atoms with van der Waals surface area (Å²) in [6.45, 7) is 5.42. The van der Waals surface area contributed by atoms with Gasteiger partial charge in [-0.05, 0) is 43.5 Å². The molecule has 180 valence electrons. The van der Waals surface area contributed by atoms with Gasteiger partial charge in [0.15, 0.2) is 11.7 Å². The maximum Gasteiger partial charge on any atom is 0.416 e. The zero-order valence-electron chi connectivity index (χ0n) is 18.4. The number of carbonyl (C=O) groups excluding carboxylic acids is 1. The summed E-state index contributed by atoms with van der Waals surface area (Å²) < 4.78 is 44.6. The summed E-state index contributed by atoms with van der Waals surface area (Å²) in [5.41, 5.74) is -0.255. The third kappa shape index (κ3) is 5.82. The second-order valence-electron chi connectivity index (χ2n) is 8.29. The van der Waals surface area contributed by atoms with Crippen molar-refractivity contribution in [1.29, 1.82) is 0 Å². The summed E-state index contributed by atoms with van der Waals surface area (Å²) in [7, 11) is 0. The van der Waals surface area contributed by atoms with Crippen LogP contribution in [0.25, 0.3) is 0 Å². The maximum atomic E-state index is 13.1. The Morgan fingerprint density at radius 2 is 1.82 bits per heavy atom. The molecule has 0 radical (unpaired) electrons. The van der Waals surface area contributed by atoms with E-state index in [1.54, 1.807) is 23.1 Å². The van der Waals surface area contributed by atoms with Crippen molar-refractivity contribution >= 4 is 35.8 Å². The van der Waals surface area contributed by atoms with Crippen LogP contribution in [0.2, 0.25) is 0 Å². The Hall–Kier alpha value is -2.24. The van der Waals surface area contributed by atoms with Gasteiger partial charge in [0.05, 0.1) is 18.4 Å². The molecule has 2 fully saturated rings. The molecule has 2 heterocycles. The molecule has 1 aliphatic carbocycles. The number of carbonyl (C=O) groups is 1. The number of furan rings is 1. The van der Waals surface area contributed by atoms with Gasteiger partial charge in [-0.15, -0.1) is 24.0 Å². The van der Waals surface area contributed by atoms with Gasteiger partial charge in [-0.3, -0.25) is 9.79 Å². The second-order valence-corrected chi connectivity index (χ2v) is 8.29. The van der Waals surface area contributed by atoms with Gasteiger partial charge in [0.2, 0.25) is 0 Å². The molecule has 1 saturated carbocycles. The Morgan fingerprint density at radius 3 is 2.39 bits per heavy atom. The van der Waals surface area contributed by atoms with E-state index in [9.17, 15) is 18.0 Å². The molecule has 4 rings (SSSR count). The first-order valence-electron chi connectivity index (χ1n) is 10.9. The van der Waals surface area contributed by atoms with Crippen LogP contribution >= 0.6 is 24.0 Å². The molecule has 0 spiro atoms. The zero-order chi connectivity index (χ0) is 22.8. The molecule has 1 aromatic carbocycles. The minimum absolute atomic E-state index is 0. The molecule has 1 saturated heterocycles. The van der Waals surface area contributed by atoms with E-state index in [4.69, 9.17) is 9.41 Å². The van der Waals surface area contributed by atoms with Crippen molar-refractivity contribution in [3.05, 3.63) is 59.5 Å². The van der Waals surface area contributed by atoms with E-state index >= 15 is 0 Å². The van der Waals surface area contributed by atoms with Gasteiger partial charge in [-0.25, -0.2) is 0 Å². The number of nitrogens with zero attached hydrogens (tertiary/aromatic N) is 3. The number of benzene rings is 1. The fourth-order valence-electron chi connectivity index (χ4n) is 4.04. The van der Waals surface area contributed by atoms with Crippen LogP contribution in [0.3, 0.4) is 0 Å². The van der Waals surface area contributed by atoms with E-state index in [1.807, 2.05) is 6.92 Å². The van der Waals surface area contributed by atoms with E-state index in [0.717, 1.165) is 24.9 Å². The third-order valence-electron chi connectivity index (χ3n) is 6.12. The number of aliphatic imine (C=N–C) groups is 1. The number of nitrogens with one attached hydrogen (secondary N) is 1. The molecule has 2 aromatic rings. The largest absolute Gasteiger partial charge is 0.459 e. The number of alkyl halides is 3. The number of hydrogen-bond donors (Lipinski definition) is 1. The Morgan fingerprint density at radius 1 is 1.12 bits per heavy atom. The van der Waals surface area contributed by atoms with Gasteiger partial charge in [-0.1, -0.05) is 18.2 Å². The lowest BCUT2D eigenvalue weighted by atomic mass is 9.94. The number of piperazine rings is 1. The lowest BCUT2D eigenvalue weighted by molar-refractivity contribution is -0.137. The van der Waals surface area contributed by atoms with Crippen LogP contribution in [0.4, 0.5) is 13.2 Å². The number of rotatable bonds is 5. The summed E-state index contributed by atoms with van der Waals surface area (Å²) in [5.74, 6) is 0.935. The Balaban J connectivity index is 0.00000306. The molecule has 1 aromatic heterocycles. The molecule has 6 nitrogen and oxygen atoms in total. The highest BCUT2D eigenvalue weighted by Gasteiger charge is 2.45. The molecule has 10 heteroatoms. The number of halogens is 4. The predicted molar refractivity (Wildman–Crippen MR) is 130 cm³/mol. The van der Waals surface area contributed by atoms with Gasteiger partial charge in [0, 0.05) is 38.1 Å². The summed E-state index contributed by atoms with van der Waals surface area (Å²) in [6.07, 6.45) is -1.22. The van der Waals surface area contributed by atoms with E-state index in [2.05, 4.69) is 10.2 Å². The van der Waals surface area contributed by atoms with E-state index < -0.39 is 11.7 Å². The molecular weight excluding hydrogens is 548 g/mol. The molecule has 1 N–H and O–H groups in total. The smallest absolute Gasteiger partial charge is 0.416 e. The van der Waals surface area contributed by atoms with Crippen LogP contribution in [-0.4, -0.2) is 60.9 Å². The number of hydrogen-bond acceptors (Lipinski definition) is 3. The molecular formula is C23H28F3IN4O2. The van der Waals surface area contributed by atoms with Crippen molar-refractivity contribution in [3.63, 3.8) is 0 Å². The van der Waals surface area contributed by atoms with Crippen LogP contribution in [0, 0.1) is 0 Å². The first-order valence-corrected chi connectivity index (χ1v) is 10.9. The van der Waals surface area contributed by atoms with Crippen LogP contribution < -0.4 is 5.32 Å². The van der Waals surface area contributed by atoms with Gasteiger partial charge in [-0.2, -0.15) is 13.2 Å². The fraction of sp³-hybridized carbons (Fsp3) is 0.478. The third-order valence-corrected chi connectivity index (χ3v) is 6.12. The van der Waals surface area contributed by atoms with Crippen molar-refractivity contribution in [2.24, 2.45) is 4.99 Å². The van der Waals surface area contributed by atoms with Gasteiger partial charge < -0.3 is 19.5 Å². The Kier molecular flexibility index (Phi) is 7.96. The van der Waals surface area contributed by atoms with Crippen molar-refractivity contribution < 1.29 is 22.4 Å². The lowest BCUT2D eigenvalue weighted by Crippen LogP contribution is -2.53. The molecule has 1 aliphatic heterocycles. The topological polar surface area (TPSA) is 61.1 Å². The molecule has 2 aliphatic rings. The van der Waals surface area contributed by atoms with Crippen LogP contribution in [0.5, 0.6) is 0 Å². The average molecular weight is 576 g/mol. The maximum absolute atomic E-state index is 13.1. The minimum atomic E-state index is -4.35. The first-order chi connectivity index (χ1) is 15.3. The average Bonchev–Trinajstić information content (AvgIpc) is 3.38. The van der Waals surface area contributed by atoms with Crippen LogP contribution in [0.1, 0.15) is 41.4 Å². The standard InChI is InChI=1S/C23H27F3N4O2.HI/c1-2-27-21(30-12-10-29(11-13-30)20(31)19-7-4-14-32-19)28-16-22(8-9-22)17-5-3-6-18(15-17)23(24,25)26;/h3-7,14-15H,2,8-13,16H2,1H3,(H,27,28);1H. The summed E-state index contributed by atoms with van der Waals surface area (Å²) in [6, 6.07) is 8.96. The normalized spacial score (nSPS) is 18.0. The van der Waals surface area contributed by atoms with Crippen molar-refractivity contribution in [2.45, 2.75) is 31.4 Å². The molecule has 0 bridgehead atoms. The molecule has 0 atom stereocenters. The lowest BCUT2D eigenvalue weighted by Gasteiger charge is -2.36. The highest BCUT2D eigenvalue weighted by molar-refractivity contribution is 14.0. The monoisotopic (exact) mass is 576 g/mol. The Bertz CT molecular complexity index is 966. The highest BCUT2D eigenvalue weighted by atomic mass is 127. The van der Waals surface area contributed by atoms with Crippen molar-refractivity contribution in [1.82, 2.24) is 15.1 Å².